The molecule has 0 radical (unpaired) electrons. The van der Waals surface area contributed by atoms with E-state index in [4.69, 9.17) is 10.5 Å². The molecular formula is C15H17N5O2S. The maximum atomic E-state index is 11.6. The zero-order valence-corrected chi connectivity index (χ0v) is 13.5. The summed E-state index contributed by atoms with van der Waals surface area (Å²) < 4.78 is 24.6. The van der Waals surface area contributed by atoms with Crippen LogP contribution >= 0.6 is 0 Å². The van der Waals surface area contributed by atoms with E-state index in [-0.39, 0.29) is 5.57 Å². The van der Waals surface area contributed by atoms with E-state index in [2.05, 4.69) is 10.2 Å². The molecule has 23 heavy (non-hydrogen) atoms. The van der Waals surface area contributed by atoms with Gasteiger partial charge in [0, 0.05) is 32.4 Å². The Morgan fingerprint density at radius 1 is 1.17 bits per heavy atom. The van der Waals surface area contributed by atoms with Gasteiger partial charge in [-0.2, -0.15) is 14.8 Å². The third-order valence-electron chi connectivity index (χ3n) is 3.57. The summed E-state index contributed by atoms with van der Waals surface area (Å²) in [6, 6.07) is 11.1. The quantitative estimate of drug-likeness (QED) is 0.830. The summed E-state index contributed by atoms with van der Waals surface area (Å²) in [5.41, 5.74) is 1.66. The van der Waals surface area contributed by atoms with Gasteiger partial charge in [0.15, 0.2) is 0 Å². The van der Waals surface area contributed by atoms with Gasteiger partial charge in [0.05, 0.1) is 17.6 Å². The van der Waals surface area contributed by atoms with Crippen LogP contribution in [0.15, 0.2) is 36.0 Å². The zero-order chi connectivity index (χ0) is 16.9. The van der Waals surface area contributed by atoms with Gasteiger partial charge in [-0.25, -0.2) is 8.42 Å². The van der Waals surface area contributed by atoms with Gasteiger partial charge in [-0.15, -0.1) is 0 Å². The lowest BCUT2D eigenvalue weighted by atomic mass is 10.2. The molecule has 0 atom stereocenters. The van der Waals surface area contributed by atoms with Crippen molar-refractivity contribution in [2.75, 3.05) is 42.7 Å². The van der Waals surface area contributed by atoms with Crippen molar-refractivity contribution in [2.24, 2.45) is 0 Å². The zero-order valence-electron chi connectivity index (χ0n) is 12.7. The second-order valence-corrected chi connectivity index (χ2v) is 7.07. The number of allylic oxidation sites excluding steroid dienone is 1. The molecule has 1 aromatic rings. The first-order chi connectivity index (χ1) is 11.0. The highest BCUT2D eigenvalue weighted by atomic mass is 32.2. The number of piperazine rings is 1. The fourth-order valence-corrected chi connectivity index (χ4v) is 3.20. The number of nitrogens with one attached hydrogen (secondary N) is 1. The van der Waals surface area contributed by atoms with Crippen molar-refractivity contribution in [1.29, 1.82) is 10.5 Å². The van der Waals surface area contributed by atoms with Crippen molar-refractivity contribution >= 4 is 21.4 Å². The molecule has 0 spiro atoms. The van der Waals surface area contributed by atoms with E-state index >= 15 is 0 Å². The Morgan fingerprint density at radius 2 is 1.78 bits per heavy atom. The maximum Gasteiger partial charge on any atom is 0.211 e. The Morgan fingerprint density at radius 3 is 2.35 bits per heavy atom. The average molecular weight is 331 g/mol. The molecular weight excluding hydrogens is 314 g/mol. The van der Waals surface area contributed by atoms with Crippen LogP contribution in [0.2, 0.25) is 0 Å². The van der Waals surface area contributed by atoms with E-state index < -0.39 is 10.0 Å². The minimum Gasteiger partial charge on any atom is -0.367 e. The third-order valence-corrected chi connectivity index (χ3v) is 4.87. The number of rotatable bonds is 4. The fraction of sp³-hybridized carbons (Fsp3) is 0.333. The highest BCUT2D eigenvalue weighted by Gasteiger charge is 2.24. The molecule has 1 heterocycles. The molecule has 0 aliphatic carbocycles. The molecule has 1 N–H and O–H groups in total. The van der Waals surface area contributed by atoms with Crippen molar-refractivity contribution in [3.05, 3.63) is 36.0 Å². The molecule has 1 aliphatic rings. The molecule has 120 valence electrons. The Kier molecular flexibility index (Phi) is 5.22. The number of nitriles is 2. The van der Waals surface area contributed by atoms with Gasteiger partial charge in [0.1, 0.15) is 17.7 Å². The monoisotopic (exact) mass is 331 g/mol. The number of nitrogens with zero attached hydrogens (tertiary/aromatic N) is 4. The Labute approximate surface area is 136 Å². The Balaban J connectivity index is 2.15. The average Bonchev–Trinajstić information content (AvgIpc) is 2.55. The van der Waals surface area contributed by atoms with Gasteiger partial charge < -0.3 is 10.2 Å². The summed E-state index contributed by atoms with van der Waals surface area (Å²) >= 11 is 0. The largest absolute Gasteiger partial charge is 0.367 e. The topological polar surface area (TPSA) is 100 Å². The lowest BCUT2D eigenvalue weighted by Gasteiger charge is -2.35. The molecule has 1 aliphatic heterocycles. The minimum atomic E-state index is -3.16. The summed E-state index contributed by atoms with van der Waals surface area (Å²) in [4.78, 5) is 2.08. The Hall–Kier alpha value is -2.55. The van der Waals surface area contributed by atoms with Crippen LogP contribution < -0.4 is 10.2 Å². The van der Waals surface area contributed by atoms with Crippen molar-refractivity contribution < 1.29 is 8.42 Å². The molecule has 7 nitrogen and oxygen atoms in total. The van der Waals surface area contributed by atoms with Crippen LogP contribution in [0.5, 0.6) is 0 Å². The lowest BCUT2D eigenvalue weighted by molar-refractivity contribution is 0.388. The Bertz CT molecular complexity index is 765. The second-order valence-electron chi connectivity index (χ2n) is 5.09. The maximum absolute atomic E-state index is 11.6. The highest BCUT2D eigenvalue weighted by molar-refractivity contribution is 7.88. The molecule has 0 unspecified atom stereocenters. The van der Waals surface area contributed by atoms with Gasteiger partial charge in [-0.1, -0.05) is 12.1 Å². The number of para-hydroxylation sites is 2. The first-order valence-electron chi connectivity index (χ1n) is 7.01. The standard InChI is InChI=1S/C15H17N5O2S/c1-23(21,22)20-8-6-19(7-9-20)15-5-3-2-4-14(15)18-12-13(10-16)11-17/h2-5,12,18H,6-9H2,1H3. The minimum absolute atomic E-state index is 0.0123. The van der Waals surface area contributed by atoms with Crippen LogP contribution in [0.3, 0.4) is 0 Å². The van der Waals surface area contributed by atoms with Crippen LogP contribution in [0.25, 0.3) is 0 Å². The van der Waals surface area contributed by atoms with Crippen LogP contribution in [0.1, 0.15) is 0 Å². The number of hydrogen-bond donors (Lipinski definition) is 1. The van der Waals surface area contributed by atoms with Crippen LogP contribution in [0.4, 0.5) is 11.4 Å². The molecule has 1 fully saturated rings. The van der Waals surface area contributed by atoms with Crippen LogP contribution in [0, 0.1) is 22.7 Å². The van der Waals surface area contributed by atoms with Crippen LogP contribution in [-0.4, -0.2) is 45.2 Å². The summed E-state index contributed by atoms with van der Waals surface area (Å²) in [5.74, 6) is 0. The predicted molar refractivity (Wildman–Crippen MR) is 88.0 cm³/mol. The molecule has 0 amide bonds. The van der Waals surface area contributed by atoms with Gasteiger partial charge in [-0.3, -0.25) is 0 Å². The van der Waals surface area contributed by atoms with Crippen molar-refractivity contribution in [3.8, 4) is 12.1 Å². The number of benzene rings is 1. The van der Waals surface area contributed by atoms with Gasteiger partial charge in [0.25, 0.3) is 0 Å². The predicted octanol–water partition coefficient (Wildman–Crippen LogP) is 1.11. The molecule has 2 rings (SSSR count). The number of sulfonamides is 1. The molecule has 0 bridgehead atoms. The van der Waals surface area contributed by atoms with Crippen molar-refractivity contribution in [1.82, 2.24) is 4.31 Å². The molecule has 8 heteroatoms. The molecule has 0 aromatic heterocycles. The van der Waals surface area contributed by atoms with Gasteiger partial charge >= 0.3 is 0 Å². The first kappa shape index (κ1) is 16.8. The van der Waals surface area contributed by atoms with Crippen molar-refractivity contribution in [2.45, 2.75) is 0 Å². The summed E-state index contributed by atoms with van der Waals surface area (Å²) in [6.45, 7) is 2.03. The number of anilines is 2. The van der Waals surface area contributed by atoms with E-state index in [1.54, 1.807) is 12.1 Å². The van der Waals surface area contributed by atoms with Crippen LogP contribution in [-0.2, 0) is 10.0 Å². The SMILES string of the molecule is CS(=O)(=O)N1CCN(c2ccccc2NC=C(C#N)C#N)CC1. The second kappa shape index (κ2) is 7.14. The third kappa shape index (κ3) is 4.22. The summed E-state index contributed by atoms with van der Waals surface area (Å²) in [7, 11) is -3.16. The first-order valence-corrected chi connectivity index (χ1v) is 8.86. The molecule has 0 saturated carbocycles. The molecule has 1 saturated heterocycles. The van der Waals surface area contributed by atoms with Crippen molar-refractivity contribution in [3.63, 3.8) is 0 Å². The van der Waals surface area contributed by atoms with E-state index in [1.165, 1.54) is 16.8 Å². The normalized spacial score (nSPS) is 15.3. The number of hydrogen-bond acceptors (Lipinski definition) is 6. The van der Waals surface area contributed by atoms with E-state index in [0.29, 0.717) is 26.2 Å². The van der Waals surface area contributed by atoms with E-state index in [1.807, 2.05) is 24.3 Å². The summed E-state index contributed by atoms with van der Waals surface area (Å²) in [5, 5.41) is 20.5. The smallest absolute Gasteiger partial charge is 0.211 e. The van der Waals surface area contributed by atoms with Gasteiger partial charge in [0.2, 0.25) is 10.0 Å². The molecule has 1 aromatic carbocycles. The van der Waals surface area contributed by atoms with E-state index in [9.17, 15) is 8.42 Å². The fourth-order valence-electron chi connectivity index (χ4n) is 2.37. The highest BCUT2D eigenvalue weighted by Crippen LogP contribution is 2.27. The lowest BCUT2D eigenvalue weighted by Crippen LogP contribution is -2.48. The summed E-state index contributed by atoms with van der Waals surface area (Å²) in [6.07, 6.45) is 2.58. The van der Waals surface area contributed by atoms with Gasteiger partial charge in [-0.05, 0) is 12.1 Å². The van der Waals surface area contributed by atoms with E-state index in [0.717, 1.165) is 11.4 Å².